The number of aryl methyl sites for hydroxylation is 1. The summed E-state index contributed by atoms with van der Waals surface area (Å²) in [6, 6.07) is 4.80. The molecule has 1 aromatic carbocycles. The molecular weight excluding hydrogens is 204 g/mol. The average molecular weight is 222 g/mol. The number of carbonyl (C=O) groups is 1. The molecule has 0 saturated carbocycles. The lowest BCUT2D eigenvalue weighted by Crippen LogP contribution is -2.07. The van der Waals surface area contributed by atoms with Crippen molar-refractivity contribution >= 4 is 5.97 Å². The minimum absolute atomic E-state index is 0.122. The molecule has 0 unspecified atom stereocenters. The third kappa shape index (κ3) is 4.34. The fraction of sp³-hybridized carbons (Fsp3) is 0.462. The van der Waals surface area contributed by atoms with Crippen LogP contribution in [0.25, 0.3) is 0 Å². The standard InChI is InChI=1S/C13H18O3/c1-3-4-5-6-13(15)16-12-8-10(2)7-11(14)9-12/h7-9,14H,3-6H2,1-2H3. The van der Waals surface area contributed by atoms with E-state index in [0.29, 0.717) is 12.2 Å². The Hall–Kier alpha value is -1.51. The van der Waals surface area contributed by atoms with Crippen molar-refractivity contribution in [3.8, 4) is 11.5 Å². The Bertz CT molecular complexity index is 338. The molecule has 0 heterocycles. The van der Waals surface area contributed by atoms with E-state index in [9.17, 15) is 9.90 Å². The number of phenolic OH excluding ortho intramolecular Hbond substituents is 1. The van der Waals surface area contributed by atoms with Gasteiger partial charge in [-0.15, -0.1) is 0 Å². The Labute approximate surface area is 96.1 Å². The molecule has 0 aliphatic rings. The van der Waals surface area contributed by atoms with Crippen molar-refractivity contribution in [2.45, 2.75) is 39.5 Å². The van der Waals surface area contributed by atoms with Crippen LogP contribution in [0.4, 0.5) is 0 Å². The molecule has 0 bridgehead atoms. The van der Waals surface area contributed by atoms with Gasteiger partial charge in [0.25, 0.3) is 0 Å². The van der Waals surface area contributed by atoms with E-state index in [-0.39, 0.29) is 11.7 Å². The lowest BCUT2D eigenvalue weighted by atomic mass is 10.2. The van der Waals surface area contributed by atoms with E-state index in [1.54, 1.807) is 12.1 Å². The summed E-state index contributed by atoms with van der Waals surface area (Å²) in [6.45, 7) is 3.93. The van der Waals surface area contributed by atoms with Gasteiger partial charge in [0.2, 0.25) is 0 Å². The van der Waals surface area contributed by atoms with E-state index in [1.807, 2.05) is 6.92 Å². The highest BCUT2D eigenvalue weighted by Gasteiger charge is 2.05. The lowest BCUT2D eigenvalue weighted by Gasteiger charge is -2.05. The third-order valence-electron chi connectivity index (χ3n) is 2.25. The summed E-state index contributed by atoms with van der Waals surface area (Å²) in [7, 11) is 0. The average Bonchev–Trinajstić information content (AvgIpc) is 2.16. The van der Waals surface area contributed by atoms with Crippen LogP contribution in [-0.2, 0) is 4.79 Å². The van der Waals surface area contributed by atoms with Gasteiger partial charge in [0, 0.05) is 12.5 Å². The monoisotopic (exact) mass is 222 g/mol. The van der Waals surface area contributed by atoms with Crippen LogP contribution < -0.4 is 4.74 Å². The second-order valence-electron chi connectivity index (χ2n) is 3.94. The van der Waals surface area contributed by atoms with Gasteiger partial charge in [-0.25, -0.2) is 0 Å². The number of ether oxygens (including phenoxy) is 1. The van der Waals surface area contributed by atoms with Crippen LogP contribution in [0.15, 0.2) is 18.2 Å². The molecule has 0 spiro atoms. The Balaban J connectivity index is 2.49. The topological polar surface area (TPSA) is 46.5 Å². The maximum Gasteiger partial charge on any atom is 0.311 e. The van der Waals surface area contributed by atoms with E-state index in [0.717, 1.165) is 24.8 Å². The van der Waals surface area contributed by atoms with Crippen LogP contribution in [-0.4, -0.2) is 11.1 Å². The zero-order valence-electron chi connectivity index (χ0n) is 9.82. The summed E-state index contributed by atoms with van der Waals surface area (Å²) in [5.74, 6) is 0.300. The van der Waals surface area contributed by atoms with Crippen molar-refractivity contribution in [1.82, 2.24) is 0 Å². The minimum Gasteiger partial charge on any atom is -0.508 e. The van der Waals surface area contributed by atoms with Crippen molar-refractivity contribution in [2.75, 3.05) is 0 Å². The van der Waals surface area contributed by atoms with Crippen LogP contribution in [0.3, 0.4) is 0 Å². The smallest absolute Gasteiger partial charge is 0.311 e. The van der Waals surface area contributed by atoms with Gasteiger partial charge in [0.05, 0.1) is 0 Å². The first-order valence-electron chi connectivity index (χ1n) is 5.63. The summed E-state index contributed by atoms with van der Waals surface area (Å²) < 4.78 is 5.12. The molecule has 1 aromatic rings. The molecule has 0 aliphatic carbocycles. The highest BCUT2D eigenvalue weighted by atomic mass is 16.5. The van der Waals surface area contributed by atoms with Gasteiger partial charge < -0.3 is 9.84 Å². The van der Waals surface area contributed by atoms with Gasteiger partial charge in [-0.3, -0.25) is 4.79 Å². The maximum atomic E-state index is 11.4. The van der Waals surface area contributed by atoms with Crippen LogP contribution >= 0.6 is 0 Å². The number of hydrogen-bond acceptors (Lipinski definition) is 3. The molecule has 0 atom stereocenters. The zero-order valence-corrected chi connectivity index (χ0v) is 9.82. The molecule has 0 aliphatic heterocycles. The Morgan fingerprint density at radius 2 is 2.06 bits per heavy atom. The first-order chi connectivity index (χ1) is 7.61. The highest BCUT2D eigenvalue weighted by Crippen LogP contribution is 2.21. The van der Waals surface area contributed by atoms with Crippen LogP contribution in [0, 0.1) is 6.92 Å². The van der Waals surface area contributed by atoms with Gasteiger partial charge in [-0.1, -0.05) is 19.8 Å². The number of benzene rings is 1. The van der Waals surface area contributed by atoms with Crippen molar-refractivity contribution in [3.05, 3.63) is 23.8 Å². The number of hydrogen-bond donors (Lipinski definition) is 1. The fourth-order valence-electron chi connectivity index (χ4n) is 1.49. The number of unbranched alkanes of at least 4 members (excludes halogenated alkanes) is 2. The van der Waals surface area contributed by atoms with Gasteiger partial charge >= 0.3 is 5.97 Å². The molecular formula is C13H18O3. The summed E-state index contributed by atoms with van der Waals surface area (Å²) in [6.07, 6.45) is 3.41. The minimum atomic E-state index is -0.238. The summed E-state index contributed by atoms with van der Waals surface area (Å²) in [5.41, 5.74) is 0.872. The molecule has 3 heteroatoms. The fourth-order valence-corrected chi connectivity index (χ4v) is 1.49. The van der Waals surface area contributed by atoms with Crippen LogP contribution in [0.1, 0.15) is 38.2 Å². The van der Waals surface area contributed by atoms with Crippen molar-refractivity contribution in [3.63, 3.8) is 0 Å². The molecule has 88 valence electrons. The quantitative estimate of drug-likeness (QED) is 0.473. The van der Waals surface area contributed by atoms with Crippen molar-refractivity contribution in [2.24, 2.45) is 0 Å². The van der Waals surface area contributed by atoms with Gasteiger partial charge in [0.15, 0.2) is 0 Å². The molecule has 0 aromatic heterocycles. The van der Waals surface area contributed by atoms with E-state index >= 15 is 0 Å². The van der Waals surface area contributed by atoms with E-state index < -0.39 is 0 Å². The first kappa shape index (κ1) is 12.6. The summed E-state index contributed by atoms with van der Waals surface area (Å²) >= 11 is 0. The van der Waals surface area contributed by atoms with Gasteiger partial charge in [-0.2, -0.15) is 0 Å². The third-order valence-corrected chi connectivity index (χ3v) is 2.25. The van der Waals surface area contributed by atoms with E-state index in [2.05, 4.69) is 6.92 Å². The molecule has 16 heavy (non-hydrogen) atoms. The van der Waals surface area contributed by atoms with Crippen molar-refractivity contribution < 1.29 is 14.6 Å². The van der Waals surface area contributed by atoms with E-state index in [1.165, 1.54) is 6.07 Å². The van der Waals surface area contributed by atoms with Crippen LogP contribution in [0.5, 0.6) is 11.5 Å². The zero-order chi connectivity index (χ0) is 12.0. The number of rotatable bonds is 5. The molecule has 1 N–H and O–H groups in total. The lowest BCUT2D eigenvalue weighted by molar-refractivity contribution is -0.134. The van der Waals surface area contributed by atoms with Crippen molar-refractivity contribution in [1.29, 1.82) is 0 Å². The highest BCUT2D eigenvalue weighted by molar-refractivity contribution is 5.72. The SMILES string of the molecule is CCCCCC(=O)Oc1cc(C)cc(O)c1. The van der Waals surface area contributed by atoms with Crippen LogP contribution in [0.2, 0.25) is 0 Å². The number of phenols is 1. The molecule has 0 amide bonds. The molecule has 0 radical (unpaired) electrons. The van der Waals surface area contributed by atoms with E-state index in [4.69, 9.17) is 4.74 Å². The molecule has 0 fully saturated rings. The molecule has 0 saturated heterocycles. The predicted molar refractivity (Wildman–Crippen MR) is 62.6 cm³/mol. The number of carbonyl (C=O) groups excluding carboxylic acids is 1. The number of aromatic hydroxyl groups is 1. The number of esters is 1. The second-order valence-corrected chi connectivity index (χ2v) is 3.94. The Morgan fingerprint density at radius 1 is 1.31 bits per heavy atom. The van der Waals surface area contributed by atoms with Gasteiger partial charge in [-0.05, 0) is 31.0 Å². The summed E-state index contributed by atoms with van der Waals surface area (Å²) in [4.78, 5) is 11.4. The van der Waals surface area contributed by atoms with Gasteiger partial charge in [0.1, 0.15) is 11.5 Å². The molecule has 1 rings (SSSR count). The Kier molecular flexibility index (Phi) is 4.83. The second kappa shape index (κ2) is 6.16. The molecule has 3 nitrogen and oxygen atoms in total. The maximum absolute atomic E-state index is 11.4. The Morgan fingerprint density at radius 3 is 2.69 bits per heavy atom. The first-order valence-corrected chi connectivity index (χ1v) is 5.63. The normalized spacial score (nSPS) is 10.1. The predicted octanol–water partition coefficient (Wildman–Crippen LogP) is 3.19. The summed E-state index contributed by atoms with van der Waals surface area (Å²) in [5, 5.41) is 9.33. The largest absolute Gasteiger partial charge is 0.508 e.